The van der Waals surface area contributed by atoms with Crippen molar-refractivity contribution >= 4 is 24.4 Å². The monoisotopic (exact) mass is 281 g/mol. The Morgan fingerprint density at radius 3 is 1.38 bits per heavy atom. The molecule has 16 heavy (non-hydrogen) atoms. The minimum Gasteiger partial charge on any atom is -0.283 e. The maximum absolute atomic E-state index is 11.3. The lowest BCUT2D eigenvalue weighted by Crippen LogP contribution is -2.21. The summed E-state index contributed by atoms with van der Waals surface area (Å²) in [6.07, 6.45) is 0. The quantitative estimate of drug-likeness (QED) is 0.490. The lowest BCUT2D eigenvalue weighted by molar-refractivity contribution is 0.242. The normalized spacial score (nSPS) is 12.9. The maximum atomic E-state index is 11.3. The lowest BCUT2D eigenvalue weighted by atomic mass is 10.9. The SMILES string of the molecule is C[Si](C)(C)CCO[P](=O)OCC[Si](C)(C)C. The molecule has 0 bridgehead atoms. The molecular weight excluding hydrogens is 255 g/mol. The van der Waals surface area contributed by atoms with Gasteiger partial charge in [0.2, 0.25) is 0 Å². The predicted molar refractivity (Wildman–Crippen MR) is 75.8 cm³/mol. The van der Waals surface area contributed by atoms with E-state index in [0.717, 1.165) is 12.1 Å². The van der Waals surface area contributed by atoms with Gasteiger partial charge in [0.1, 0.15) is 0 Å². The van der Waals surface area contributed by atoms with Gasteiger partial charge in [-0.3, -0.25) is 9.05 Å². The Balaban J connectivity index is 3.53. The zero-order valence-electron chi connectivity index (χ0n) is 11.5. The van der Waals surface area contributed by atoms with Gasteiger partial charge >= 0.3 is 8.25 Å². The van der Waals surface area contributed by atoms with Crippen molar-refractivity contribution in [2.24, 2.45) is 0 Å². The number of rotatable bonds is 8. The summed E-state index contributed by atoms with van der Waals surface area (Å²) >= 11 is 0. The molecule has 6 heteroatoms. The zero-order valence-corrected chi connectivity index (χ0v) is 14.4. The standard InChI is InChI=1S/C10H26O3PSi2/c1-15(2,3)9-7-12-14(11)13-8-10-16(4,5)6/h7-10H2,1-6H3. The molecular formula is C10H26O3PSi2. The molecule has 1 radical (unpaired) electrons. The highest BCUT2D eigenvalue weighted by molar-refractivity contribution is 7.33. The third-order valence-corrected chi connectivity index (χ3v) is 6.29. The molecule has 0 spiro atoms. The van der Waals surface area contributed by atoms with E-state index in [1.54, 1.807) is 0 Å². The van der Waals surface area contributed by atoms with Gasteiger partial charge < -0.3 is 0 Å². The molecule has 0 aromatic heterocycles. The largest absolute Gasteiger partial charge is 0.368 e. The molecule has 0 saturated heterocycles. The van der Waals surface area contributed by atoms with Crippen molar-refractivity contribution < 1.29 is 13.6 Å². The molecule has 0 saturated carbocycles. The Labute approximate surface area is 103 Å². The molecule has 0 unspecified atom stereocenters. The van der Waals surface area contributed by atoms with E-state index in [4.69, 9.17) is 9.05 Å². The van der Waals surface area contributed by atoms with Gasteiger partial charge in [-0.05, 0) is 12.1 Å². The third-order valence-electron chi connectivity index (χ3n) is 2.10. The molecule has 0 N–H and O–H groups in total. The van der Waals surface area contributed by atoms with Crippen LogP contribution in [-0.2, 0) is 13.6 Å². The van der Waals surface area contributed by atoms with Crippen molar-refractivity contribution in [3.05, 3.63) is 0 Å². The summed E-state index contributed by atoms with van der Waals surface area (Å²) in [5.41, 5.74) is 0. The number of hydrogen-bond acceptors (Lipinski definition) is 3. The van der Waals surface area contributed by atoms with E-state index in [1.807, 2.05) is 0 Å². The summed E-state index contributed by atoms with van der Waals surface area (Å²) < 4.78 is 21.7. The van der Waals surface area contributed by atoms with Crippen molar-refractivity contribution in [2.75, 3.05) is 13.2 Å². The molecule has 3 nitrogen and oxygen atoms in total. The van der Waals surface area contributed by atoms with Gasteiger partial charge in [0.05, 0.1) is 13.2 Å². The first kappa shape index (κ1) is 16.5. The summed E-state index contributed by atoms with van der Waals surface area (Å²) in [7, 11) is -4.07. The Bertz CT molecular complexity index is 199. The van der Waals surface area contributed by atoms with Gasteiger partial charge in [-0.25, -0.2) is 4.57 Å². The predicted octanol–water partition coefficient (Wildman–Crippen LogP) is 4.35. The second-order valence-electron chi connectivity index (χ2n) is 6.51. The van der Waals surface area contributed by atoms with E-state index in [0.29, 0.717) is 13.2 Å². The van der Waals surface area contributed by atoms with Gasteiger partial charge in [0, 0.05) is 16.1 Å². The average Bonchev–Trinajstić information content (AvgIpc) is 1.98. The van der Waals surface area contributed by atoms with Crippen LogP contribution in [0.4, 0.5) is 0 Å². The van der Waals surface area contributed by atoms with E-state index >= 15 is 0 Å². The second-order valence-corrected chi connectivity index (χ2v) is 18.7. The first-order valence-electron chi connectivity index (χ1n) is 5.83. The summed E-state index contributed by atoms with van der Waals surface area (Å²) in [5.74, 6) is 0. The van der Waals surface area contributed by atoms with E-state index in [1.165, 1.54) is 0 Å². The highest BCUT2D eigenvalue weighted by atomic mass is 31.1. The van der Waals surface area contributed by atoms with Crippen LogP contribution in [0.3, 0.4) is 0 Å². The van der Waals surface area contributed by atoms with Gasteiger partial charge in [-0.2, -0.15) is 0 Å². The van der Waals surface area contributed by atoms with Crippen LogP contribution in [0.2, 0.25) is 51.4 Å². The Morgan fingerprint density at radius 2 is 1.12 bits per heavy atom. The molecule has 0 atom stereocenters. The van der Waals surface area contributed by atoms with Crippen molar-refractivity contribution in [3.8, 4) is 0 Å². The summed E-state index contributed by atoms with van der Waals surface area (Å²) in [5, 5.41) is 0. The van der Waals surface area contributed by atoms with Crippen molar-refractivity contribution in [2.45, 2.75) is 51.4 Å². The van der Waals surface area contributed by atoms with Gasteiger partial charge in [0.25, 0.3) is 0 Å². The maximum Gasteiger partial charge on any atom is 0.368 e. The van der Waals surface area contributed by atoms with Crippen LogP contribution in [0, 0.1) is 0 Å². The third kappa shape index (κ3) is 12.5. The number of hydrogen-bond donors (Lipinski definition) is 0. The van der Waals surface area contributed by atoms with Gasteiger partial charge in [-0.1, -0.05) is 39.3 Å². The van der Waals surface area contributed by atoms with Crippen LogP contribution < -0.4 is 0 Å². The van der Waals surface area contributed by atoms with Crippen LogP contribution in [-0.4, -0.2) is 29.4 Å². The second kappa shape index (κ2) is 7.01. The van der Waals surface area contributed by atoms with Crippen molar-refractivity contribution in [3.63, 3.8) is 0 Å². The molecule has 0 rings (SSSR count). The molecule has 0 aliphatic heterocycles. The highest BCUT2D eigenvalue weighted by Crippen LogP contribution is 2.26. The first-order valence-corrected chi connectivity index (χ1v) is 14.3. The van der Waals surface area contributed by atoms with Crippen LogP contribution in [0.1, 0.15) is 0 Å². The summed E-state index contributed by atoms with van der Waals surface area (Å²) in [4.78, 5) is 0. The van der Waals surface area contributed by atoms with Crippen molar-refractivity contribution in [1.29, 1.82) is 0 Å². The zero-order chi connectivity index (χ0) is 12.8. The van der Waals surface area contributed by atoms with Crippen molar-refractivity contribution in [1.82, 2.24) is 0 Å². The molecule has 97 valence electrons. The summed E-state index contributed by atoms with van der Waals surface area (Å²) in [6, 6.07) is 2.07. The smallest absolute Gasteiger partial charge is 0.283 e. The lowest BCUT2D eigenvalue weighted by Gasteiger charge is -2.16. The van der Waals surface area contributed by atoms with E-state index in [9.17, 15) is 4.57 Å². The fourth-order valence-corrected chi connectivity index (χ4v) is 3.22. The molecule has 0 aromatic carbocycles. The van der Waals surface area contributed by atoms with E-state index in [2.05, 4.69) is 39.3 Å². The highest BCUT2D eigenvalue weighted by Gasteiger charge is 2.15. The molecule has 0 fully saturated rings. The fraction of sp³-hybridized carbons (Fsp3) is 1.00. The Hall–Kier alpha value is 0.454. The fourth-order valence-electron chi connectivity index (χ4n) is 0.890. The molecule has 0 heterocycles. The van der Waals surface area contributed by atoms with Crippen LogP contribution in [0.15, 0.2) is 0 Å². The average molecular weight is 281 g/mol. The van der Waals surface area contributed by atoms with Gasteiger partial charge in [-0.15, -0.1) is 0 Å². The van der Waals surface area contributed by atoms with E-state index < -0.39 is 24.4 Å². The van der Waals surface area contributed by atoms with Gasteiger partial charge in [0.15, 0.2) is 0 Å². The van der Waals surface area contributed by atoms with Crippen LogP contribution in [0.5, 0.6) is 0 Å². The molecule has 0 aliphatic carbocycles. The first-order chi connectivity index (χ1) is 7.10. The van der Waals surface area contributed by atoms with Crippen LogP contribution in [0.25, 0.3) is 0 Å². The van der Waals surface area contributed by atoms with E-state index in [-0.39, 0.29) is 0 Å². The minimum atomic E-state index is -1.89. The summed E-state index contributed by atoms with van der Waals surface area (Å²) in [6.45, 7) is 14.8. The molecule has 0 aromatic rings. The Kier molecular flexibility index (Phi) is 7.21. The topological polar surface area (TPSA) is 35.5 Å². The minimum absolute atomic E-state index is 0.567. The van der Waals surface area contributed by atoms with Crippen LogP contribution >= 0.6 is 8.25 Å². The molecule has 0 aliphatic rings. The Morgan fingerprint density at radius 1 is 0.812 bits per heavy atom. The molecule has 0 amide bonds.